The van der Waals surface area contributed by atoms with E-state index in [1.165, 1.54) is 4.68 Å². The summed E-state index contributed by atoms with van der Waals surface area (Å²) < 4.78 is 67.3. The summed E-state index contributed by atoms with van der Waals surface area (Å²) in [5, 5.41) is 6.97. The summed E-state index contributed by atoms with van der Waals surface area (Å²) in [6.45, 7) is 7.04. The van der Waals surface area contributed by atoms with E-state index >= 15 is 0 Å². The van der Waals surface area contributed by atoms with Crippen LogP contribution in [0.15, 0.2) is 35.2 Å². The van der Waals surface area contributed by atoms with E-state index in [4.69, 9.17) is 0 Å². The Labute approximate surface area is 180 Å². The number of aryl methyl sites for hydroxylation is 1. The molecule has 0 aliphatic heterocycles. The highest BCUT2D eigenvalue weighted by molar-refractivity contribution is 7.89. The summed E-state index contributed by atoms with van der Waals surface area (Å²) in [5.74, 6) is -0.227. The van der Waals surface area contributed by atoms with Gasteiger partial charge in [0.2, 0.25) is 15.9 Å². The van der Waals surface area contributed by atoms with Gasteiger partial charge in [0.05, 0.1) is 22.7 Å². The van der Waals surface area contributed by atoms with Gasteiger partial charge in [-0.1, -0.05) is 33.8 Å². The Morgan fingerprint density at radius 1 is 1.19 bits per heavy atom. The van der Waals surface area contributed by atoms with Crippen LogP contribution in [0.1, 0.15) is 45.4 Å². The van der Waals surface area contributed by atoms with Crippen LogP contribution in [0.3, 0.4) is 0 Å². The van der Waals surface area contributed by atoms with Crippen molar-refractivity contribution in [3.8, 4) is 0 Å². The molecular formula is C20H27F3N4O3S. The van der Waals surface area contributed by atoms with Crippen molar-refractivity contribution in [2.24, 2.45) is 7.05 Å². The third-order valence-corrected chi connectivity index (χ3v) is 6.35. The highest BCUT2D eigenvalue weighted by Crippen LogP contribution is 2.31. The van der Waals surface area contributed by atoms with Gasteiger partial charge >= 0.3 is 6.18 Å². The van der Waals surface area contributed by atoms with Gasteiger partial charge in [-0.05, 0) is 24.6 Å². The van der Waals surface area contributed by atoms with Crippen molar-refractivity contribution in [2.45, 2.75) is 50.6 Å². The van der Waals surface area contributed by atoms with E-state index in [1.807, 2.05) is 20.8 Å². The van der Waals surface area contributed by atoms with E-state index < -0.39 is 39.1 Å². The molecule has 1 heterocycles. The molecule has 11 heteroatoms. The zero-order valence-electron chi connectivity index (χ0n) is 18.1. The number of sulfonamides is 1. The summed E-state index contributed by atoms with van der Waals surface area (Å²) in [5.41, 5.74) is -0.576. The maximum absolute atomic E-state index is 13.0. The monoisotopic (exact) mass is 460 g/mol. The Kier molecular flexibility index (Phi) is 7.21. The molecule has 0 spiro atoms. The van der Waals surface area contributed by atoms with Gasteiger partial charge in [-0.15, -0.1) is 0 Å². The van der Waals surface area contributed by atoms with Crippen molar-refractivity contribution < 1.29 is 26.4 Å². The lowest BCUT2D eigenvalue weighted by Crippen LogP contribution is -2.38. The number of benzene rings is 1. The number of carbonyl (C=O) groups is 1. The molecule has 1 N–H and O–H groups in total. The van der Waals surface area contributed by atoms with Gasteiger partial charge in [0.15, 0.2) is 0 Å². The molecule has 1 aromatic carbocycles. The minimum absolute atomic E-state index is 0.0232. The molecule has 0 fully saturated rings. The van der Waals surface area contributed by atoms with Crippen LogP contribution in [0.4, 0.5) is 19.0 Å². The number of amides is 1. The van der Waals surface area contributed by atoms with Gasteiger partial charge < -0.3 is 5.32 Å². The molecule has 1 aromatic heterocycles. The van der Waals surface area contributed by atoms with Crippen LogP contribution in [0.25, 0.3) is 0 Å². The Hall–Kier alpha value is -2.40. The van der Waals surface area contributed by atoms with E-state index in [0.717, 1.165) is 28.2 Å². The fourth-order valence-corrected chi connectivity index (χ4v) is 4.34. The zero-order valence-corrected chi connectivity index (χ0v) is 18.9. The lowest BCUT2D eigenvalue weighted by atomic mass is 9.92. The van der Waals surface area contributed by atoms with Gasteiger partial charge in [-0.25, -0.2) is 8.42 Å². The minimum Gasteiger partial charge on any atom is -0.310 e. The molecule has 2 rings (SSSR count). The Balaban J connectivity index is 2.26. The van der Waals surface area contributed by atoms with Crippen molar-refractivity contribution in [3.63, 3.8) is 0 Å². The predicted molar refractivity (Wildman–Crippen MR) is 111 cm³/mol. The number of carbonyl (C=O) groups excluding carboxylic acids is 1. The Morgan fingerprint density at radius 2 is 1.84 bits per heavy atom. The maximum atomic E-state index is 13.0. The fourth-order valence-electron chi connectivity index (χ4n) is 2.81. The second-order valence-corrected chi connectivity index (χ2v) is 10.1. The van der Waals surface area contributed by atoms with Crippen molar-refractivity contribution >= 4 is 21.7 Å². The quantitative estimate of drug-likeness (QED) is 0.682. The standard InChI is InChI=1S/C20H27F3N4O3S/c1-6-10-27(31(29,30)15-9-7-8-14(11-15)20(21,22)23)13-18(28)24-17-12-16(19(2,3)4)25-26(17)5/h7-9,11-12H,6,10,13H2,1-5H3,(H,24,28). The smallest absolute Gasteiger partial charge is 0.310 e. The van der Waals surface area contributed by atoms with Gasteiger partial charge in [0.25, 0.3) is 0 Å². The molecule has 0 radical (unpaired) electrons. The molecule has 0 atom stereocenters. The van der Waals surface area contributed by atoms with Crippen molar-refractivity contribution in [1.29, 1.82) is 0 Å². The predicted octanol–water partition coefficient (Wildman–Crippen LogP) is 3.78. The van der Waals surface area contributed by atoms with E-state index in [9.17, 15) is 26.4 Å². The number of nitrogens with zero attached hydrogens (tertiary/aromatic N) is 3. The molecule has 31 heavy (non-hydrogen) atoms. The van der Waals surface area contributed by atoms with Crippen LogP contribution in [-0.4, -0.2) is 41.5 Å². The SMILES string of the molecule is CCCN(CC(=O)Nc1cc(C(C)(C)C)nn1C)S(=O)(=O)c1cccc(C(F)(F)F)c1. The van der Waals surface area contributed by atoms with Gasteiger partial charge in [0.1, 0.15) is 5.82 Å². The number of rotatable bonds is 7. The number of aromatic nitrogens is 2. The highest BCUT2D eigenvalue weighted by atomic mass is 32.2. The van der Waals surface area contributed by atoms with E-state index in [2.05, 4.69) is 10.4 Å². The first-order valence-electron chi connectivity index (χ1n) is 9.68. The van der Waals surface area contributed by atoms with Gasteiger partial charge in [-0.2, -0.15) is 22.6 Å². The van der Waals surface area contributed by atoms with Crippen LogP contribution in [-0.2, 0) is 33.5 Å². The van der Waals surface area contributed by atoms with E-state index in [1.54, 1.807) is 20.0 Å². The number of nitrogens with one attached hydrogen (secondary N) is 1. The lowest BCUT2D eigenvalue weighted by Gasteiger charge is -2.21. The largest absolute Gasteiger partial charge is 0.416 e. The molecule has 0 unspecified atom stereocenters. The van der Waals surface area contributed by atoms with E-state index in [-0.39, 0.29) is 12.0 Å². The third kappa shape index (κ3) is 6.07. The first kappa shape index (κ1) is 24.9. The van der Waals surface area contributed by atoms with Crippen LogP contribution in [0.5, 0.6) is 0 Å². The summed E-state index contributed by atoms with van der Waals surface area (Å²) in [6.07, 6.45) is -4.30. The summed E-state index contributed by atoms with van der Waals surface area (Å²) in [6, 6.07) is 5.19. The Morgan fingerprint density at radius 3 is 2.35 bits per heavy atom. The number of hydrogen-bond donors (Lipinski definition) is 1. The topological polar surface area (TPSA) is 84.3 Å². The summed E-state index contributed by atoms with van der Waals surface area (Å²) in [4.78, 5) is 12.1. The molecule has 1 amide bonds. The maximum Gasteiger partial charge on any atom is 0.416 e. The van der Waals surface area contributed by atoms with Gasteiger partial charge in [0, 0.05) is 25.1 Å². The van der Waals surface area contributed by atoms with Crippen LogP contribution in [0.2, 0.25) is 0 Å². The van der Waals surface area contributed by atoms with Crippen molar-refractivity contribution in [2.75, 3.05) is 18.4 Å². The van der Waals surface area contributed by atoms with Crippen molar-refractivity contribution in [3.05, 3.63) is 41.6 Å². The second-order valence-electron chi connectivity index (χ2n) is 8.20. The lowest BCUT2D eigenvalue weighted by molar-refractivity contribution is -0.137. The first-order valence-corrected chi connectivity index (χ1v) is 11.1. The normalized spacial score (nSPS) is 12.9. The highest BCUT2D eigenvalue weighted by Gasteiger charge is 2.33. The molecule has 0 saturated carbocycles. The van der Waals surface area contributed by atoms with Crippen LogP contribution in [0, 0.1) is 0 Å². The van der Waals surface area contributed by atoms with Gasteiger partial charge in [-0.3, -0.25) is 9.48 Å². The number of hydrogen-bond acceptors (Lipinski definition) is 4. The first-order chi connectivity index (χ1) is 14.2. The summed E-state index contributed by atoms with van der Waals surface area (Å²) in [7, 11) is -2.66. The number of halogens is 3. The summed E-state index contributed by atoms with van der Waals surface area (Å²) >= 11 is 0. The number of anilines is 1. The fraction of sp³-hybridized carbons (Fsp3) is 0.500. The molecule has 0 saturated heterocycles. The zero-order chi connectivity index (χ0) is 23.6. The minimum atomic E-state index is -4.68. The average Bonchev–Trinajstić information content (AvgIpc) is 3.01. The molecule has 172 valence electrons. The van der Waals surface area contributed by atoms with Crippen LogP contribution >= 0.6 is 0 Å². The molecule has 0 bridgehead atoms. The molecule has 0 aliphatic rings. The molecule has 7 nitrogen and oxygen atoms in total. The van der Waals surface area contributed by atoms with Crippen LogP contribution < -0.4 is 5.32 Å². The number of alkyl halides is 3. The molecule has 0 aliphatic carbocycles. The average molecular weight is 461 g/mol. The Bertz CT molecular complexity index is 1040. The molecular weight excluding hydrogens is 433 g/mol. The third-order valence-electron chi connectivity index (χ3n) is 4.51. The van der Waals surface area contributed by atoms with E-state index in [0.29, 0.717) is 18.3 Å². The second kappa shape index (κ2) is 8.99. The van der Waals surface area contributed by atoms with Crippen molar-refractivity contribution in [1.82, 2.24) is 14.1 Å². The molecule has 2 aromatic rings.